The average Bonchev–Trinajstić information content (AvgIpc) is 2.88. The molecular formula is C14H25N5O2. The van der Waals surface area contributed by atoms with Crippen molar-refractivity contribution in [2.24, 2.45) is 5.92 Å². The van der Waals surface area contributed by atoms with E-state index in [-0.39, 0.29) is 17.6 Å². The van der Waals surface area contributed by atoms with Gasteiger partial charge in [-0.25, -0.2) is 9.89 Å². The minimum atomic E-state index is -0.352. The number of aromatic amines is 2. The minimum absolute atomic E-state index is 0.0280. The fourth-order valence-electron chi connectivity index (χ4n) is 2.85. The van der Waals surface area contributed by atoms with Crippen LogP contribution >= 0.6 is 0 Å². The van der Waals surface area contributed by atoms with Gasteiger partial charge in [-0.1, -0.05) is 6.92 Å². The topological polar surface area (TPSA) is 93.9 Å². The molecule has 0 radical (unpaired) electrons. The van der Waals surface area contributed by atoms with E-state index in [1.807, 2.05) is 6.92 Å². The SMILES string of the molecule is CCCN1CCC(CC(=O)N[C@H](C)c2n[nH]c(=O)[nH]2)CC1. The molecule has 0 aliphatic carbocycles. The van der Waals surface area contributed by atoms with Crippen molar-refractivity contribution in [1.29, 1.82) is 0 Å². The monoisotopic (exact) mass is 295 g/mol. The third-order valence-electron chi connectivity index (χ3n) is 4.03. The Kier molecular flexibility index (Phi) is 5.55. The van der Waals surface area contributed by atoms with Crippen LogP contribution in [-0.4, -0.2) is 45.6 Å². The van der Waals surface area contributed by atoms with Crippen LogP contribution in [0.5, 0.6) is 0 Å². The van der Waals surface area contributed by atoms with Crippen LogP contribution < -0.4 is 11.0 Å². The first-order valence-corrected chi connectivity index (χ1v) is 7.74. The number of likely N-dealkylation sites (tertiary alicyclic amines) is 1. The Balaban J connectivity index is 1.74. The molecule has 1 aromatic rings. The number of carbonyl (C=O) groups excluding carboxylic acids is 1. The van der Waals surface area contributed by atoms with E-state index < -0.39 is 0 Å². The number of rotatable bonds is 6. The lowest BCUT2D eigenvalue weighted by molar-refractivity contribution is -0.123. The molecule has 2 heterocycles. The lowest BCUT2D eigenvalue weighted by atomic mass is 9.93. The highest BCUT2D eigenvalue weighted by atomic mass is 16.2. The Hall–Kier alpha value is -1.63. The number of aromatic nitrogens is 3. The molecule has 3 N–H and O–H groups in total. The molecule has 0 saturated carbocycles. The molecule has 1 saturated heterocycles. The molecule has 0 unspecified atom stereocenters. The van der Waals surface area contributed by atoms with Crippen LogP contribution in [0.15, 0.2) is 4.79 Å². The third-order valence-corrected chi connectivity index (χ3v) is 4.03. The molecule has 7 nitrogen and oxygen atoms in total. The molecule has 1 fully saturated rings. The maximum Gasteiger partial charge on any atom is 0.340 e. The molecule has 0 spiro atoms. The predicted molar refractivity (Wildman–Crippen MR) is 79.8 cm³/mol. The molecule has 2 rings (SSSR count). The zero-order valence-electron chi connectivity index (χ0n) is 12.8. The van der Waals surface area contributed by atoms with Gasteiger partial charge in [-0.3, -0.25) is 9.78 Å². The van der Waals surface area contributed by atoms with Gasteiger partial charge in [0.2, 0.25) is 5.91 Å². The molecule has 1 atom stereocenters. The largest absolute Gasteiger partial charge is 0.346 e. The van der Waals surface area contributed by atoms with Crippen LogP contribution in [0.3, 0.4) is 0 Å². The number of carbonyl (C=O) groups is 1. The summed E-state index contributed by atoms with van der Waals surface area (Å²) in [6, 6.07) is -0.281. The standard InChI is InChI=1S/C14H25N5O2/c1-3-6-19-7-4-11(5-8-19)9-12(20)15-10(2)13-16-14(21)18-17-13/h10-11H,3-9H2,1-2H3,(H,15,20)(H2,16,17,18,21)/t10-/m1/s1. The van der Waals surface area contributed by atoms with Gasteiger partial charge in [-0.15, -0.1) is 0 Å². The van der Waals surface area contributed by atoms with E-state index in [4.69, 9.17) is 0 Å². The van der Waals surface area contributed by atoms with E-state index in [2.05, 4.69) is 32.3 Å². The molecule has 1 aromatic heterocycles. The van der Waals surface area contributed by atoms with Gasteiger partial charge in [0, 0.05) is 6.42 Å². The fraction of sp³-hybridized carbons (Fsp3) is 0.786. The Morgan fingerprint density at radius 3 is 2.76 bits per heavy atom. The highest BCUT2D eigenvalue weighted by Crippen LogP contribution is 2.20. The average molecular weight is 295 g/mol. The third kappa shape index (κ3) is 4.70. The van der Waals surface area contributed by atoms with E-state index in [1.54, 1.807) is 0 Å². The smallest absolute Gasteiger partial charge is 0.340 e. The normalized spacial score (nSPS) is 18.6. The molecule has 1 aliphatic rings. The first-order chi connectivity index (χ1) is 10.1. The molecule has 1 aliphatic heterocycles. The van der Waals surface area contributed by atoms with Gasteiger partial charge in [0.15, 0.2) is 5.82 Å². The van der Waals surface area contributed by atoms with Crippen molar-refractivity contribution in [2.75, 3.05) is 19.6 Å². The second kappa shape index (κ2) is 7.40. The van der Waals surface area contributed by atoms with E-state index in [0.29, 0.717) is 18.2 Å². The van der Waals surface area contributed by atoms with Crippen molar-refractivity contribution >= 4 is 5.91 Å². The molecule has 21 heavy (non-hydrogen) atoms. The van der Waals surface area contributed by atoms with Crippen LogP contribution in [0, 0.1) is 5.92 Å². The first kappa shape index (κ1) is 15.8. The highest BCUT2D eigenvalue weighted by Gasteiger charge is 2.22. The van der Waals surface area contributed by atoms with E-state index in [9.17, 15) is 9.59 Å². The molecule has 0 aromatic carbocycles. The summed E-state index contributed by atoms with van der Waals surface area (Å²) < 4.78 is 0. The van der Waals surface area contributed by atoms with Gasteiger partial charge < -0.3 is 10.2 Å². The number of hydrogen-bond donors (Lipinski definition) is 3. The molecule has 7 heteroatoms. The van der Waals surface area contributed by atoms with Gasteiger partial charge in [0.05, 0.1) is 6.04 Å². The van der Waals surface area contributed by atoms with Gasteiger partial charge in [0.25, 0.3) is 0 Å². The van der Waals surface area contributed by atoms with Gasteiger partial charge in [-0.05, 0) is 51.7 Å². The number of nitrogens with zero attached hydrogens (tertiary/aromatic N) is 2. The van der Waals surface area contributed by atoms with Crippen LogP contribution in [0.25, 0.3) is 0 Å². The summed E-state index contributed by atoms with van der Waals surface area (Å²) in [5.74, 6) is 0.954. The quantitative estimate of drug-likeness (QED) is 0.723. The first-order valence-electron chi connectivity index (χ1n) is 7.74. The van der Waals surface area contributed by atoms with Crippen molar-refractivity contribution in [1.82, 2.24) is 25.4 Å². The zero-order chi connectivity index (χ0) is 15.2. The number of nitrogens with one attached hydrogen (secondary N) is 3. The Morgan fingerprint density at radius 2 is 2.19 bits per heavy atom. The van der Waals surface area contributed by atoms with Gasteiger partial charge in [-0.2, -0.15) is 5.10 Å². The van der Waals surface area contributed by atoms with Crippen molar-refractivity contribution in [3.8, 4) is 0 Å². The molecule has 118 valence electrons. The number of hydrogen-bond acceptors (Lipinski definition) is 4. The summed E-state index contributed by atoms with van der Waals surface area (Å²) in [6.07, 6.45) is 3.91. The lowest BCUT2D eigenvalue weighted by Crippen LogP contribution is -2.36. The second-order valence-electron chi connectivity index (χ2n) is 5.84. The van der Waals surface area contributed by atoms with Crippen LogP contribution in [0.4, 0.5) is 0 Å². The second-order valence-corrected chi connectivity index (χ2v) is 5.84. The number of piperidine rings is 1. The maximum atomic E-state index is 12.1. The summed E-state index contributed by atoms with van der Waals surface area (Å²) in [4.78, 5) is 28.1. The summed E-state index contributed by atoms with van der Waals surface area (Å²) >= 11 is 0. The Morgan fingerprint density at radius 1 is 1.48 bits per heavy atom. The summed E-state index contributed by atoms with van der Waals surface area (Å²) in [6.45, 7) is 7.35. The van der Waals surface area contributed by atoms with Crippen LogP contribution in [0.2, 0.25) is 0 Å². The summed E-state index contributed by atoms with van der Waals surface area (Å²) in [5.41, 5.74) is -0.352. The summed E-state index contributed by atoms with van der Waals surface area (Å²) in [7, 11) is 0. The van der Waals surface area contributed by atoms with Gasteiger partial charge in [0.1, 0.15) is 0 Å². The van der Waals surface area contributed by atoms with Crippen molar-refractivity contribution < 1.29 is 4.79 Å². The zero-order valence-corrected chi connectivity index (χ0v) is 12.8. The van der Waals surface area contributed by atoms with E-state index in [0.717, 1.165) is 32.5 Å². The van der Waals surface area contributed by atoms with E-state index in [1.165, 1.54) is 6.42 Å². The maximum absolute atomic E-state index is 12.1. The lowest BCUT2D eigenvalue weighted by Gasteiger charge is -2.31. The van der Waals surface area contributed by atoms with E-state index >= 15 is 0 Å². The molecule has 0 bridgehead atoms. The van der Waals surface area contributed by atoms with Crippen molar-refractivity contribution in [2.45, 2.75) is 45.6 Å². The summed E-state index contributed by atoms with van der Waals surface area (Å²) in [5, 5.41) is 9.02. The number of amides is 1. The predicted octanol–water partition coefficient (Wildman–Crippen LogP) is 0.787. The Labute approximate surface area is 124 Å². The van der Waals surface area contributed by atoms with Crippen LogP contribution in [-0.2, 0) is 4.79 Å². The minimum Gasteiger partial charge on any atom is -0.346 e. The van der Waals surface area contributed by atoms with Crippen LogP contribution in [0.1, 0.15) is 51.4 Å². The number of H-pyrrole nitrogens is 2. The highest BCUT2D eigenvalue weighted by molar-refractivity contribution is 5.76. The molecular weight excluding hydrogens is 270 g/mol. The fourth-order valence-corrected chi connectivity index (χ4v) is 2.85. The molecule has 1 amide bonds. The van der Waals surface area contributed by atoms with Gasteiger partial charge >= 0.3 is 5.69 Å². The van der Waals surface area contributed by atoms with Crippen molar-refractivity contribution in [3.63, 3.8) is 0 Å². The Bertz CT molecular complexity index is 501. The van der Waals surface area contributed by atoms with Crippen molar-refractivity contribution in [3.05, 3.63) is 16.3 Å².